The number of unbranched alkanes of at least 4 members (excludes halogenated alkanes) is 2. The van der Waals surface area contributed by atoms with Crippen LogP contribution < -0.4 is 4.72 Å². The van der Waals surface area contributed by atoms with Crippen LogP contribution in [0.3, 0.4) is 0 Å². The molecule has 4 aromatic rings. The molecule has 0 bridgehead atoms. The lowest BCUT2D eigenvalue weighted by Gasteiger charge is -2.10. The predicted octanol–water partition coefficient (Wildman–Crippen LogP) is 5.74. The fourth-order valence-electron chi connectivity index (χ4n) is 3.96. The number of carbonyl (C=O) groups excluding carboxylic acids is 1. The van der Waals surface area contributed by atoms with Gasteiger partial charge in [0.2, 0.25) is 10.0 Å². The Morgan fingerprint density at radius 3 is 2.35 bits per heavy atom. The van der Waals surface area contributed by atoms with Crippen LogP contribution in [-0.4, -0.2) is 25.1 Å². The first kappa shape index (κ1) is 23.6. The highest BCUT2D eigenvalue weighted by molar-refractivity contribution is 7.90. The number of hydrogen-bond acceptors (Lipinski definition) is 4. The Bertz CT molecular complexity index is 1380. The molecule has 0 unspecified atom stereocenters. The zero-order valence-electron chi connectivity index (χ0n) is 19.2. The summed E-state index contributed by atoms with van der Waals surface area (Å²) in [5.74, 6) is -0.660. The number of fused-ring (bicyclic) bond motifs is 1. The van der Waals surface area contributed by atoms with Crippen molar-refractivity contribution in [3.05, 3.63) is 102 Å². The van der Waals surface area contributed by atoms with Crippen LogP contribution >= 0.6 is 0 Å². The molecule has 1 N–H and O–H groups in total. The first-order chi connectivity index (χ1) is 16.4. The van der Waals surface area contributed by atoms with E-state index in [9.17, 15) is 13.2 Å². The minimum atomic E-state index is -3.66. The maximum Gasteiger partial charge on any atom is 0.264 e. The van der Waals surface area contributed by atoms with Crippen molar-refractivity contribution in [2.45, 2.75) is 32.6 Å². The number of hydrogen-bond donors (Lipinski definition) is 1. The van der Waals surface area contributed by atoms with Gasteiger partial charge in [-0.1, -0.05) is 74.4 Å². The van der Waals surface area contributed by atoms with Crippen molar-refractivity contribution in [2.75, 3.05) is 5.75 Å². The van der Waals surface area contributed by atoms with E-state index in [4.69, 9.17) is 0 Å². The first-order valence-electron chi connectivity index (χ1n) is 11.5. The van der Waals surface area contributed by atoms with Crippen molar-refractivity contribution in [1.82, 2.24) is 9.71 Å². The van der Waals surface area contributed by atoms with Gasteiger partial charge in [-0.25, -0.2) is 13.1 Å². The molecule has 1 heterocycles. The molecule has 1 amide bonds. The monoisotopic (exact) mass is 472 g/mol. The van der Waals surface area contributed by atoms with E-state index in [0.717, 1.165) is 40.4 Å². The molecule has 0 saturated heterocycles. The second-order valence-electron chi connectivity index (χ2n) is 8.40. The molecule has 0 atom stereocenters. The number of nitrogens with zero attached hydrogens (tertiary/aromatic N) is 1. The third kappa shape index (κ3) is 5.88. The molecule has 174 valence electrons. The van der Waals surface area contributed by atoms with Gasteiger partial charge in [0.1, 0.15) is 0 Å². The molecule has 0 spiro atoms. The maximum atomic E-state index is 12.7. The summed E-state index contributed by atoms with van der Waals surface area (Å²) in [6.45, 7) is 2.00. The molecular formula is C28H28N2O3S. The lowest BCUT2D eigenvalue weighted by molar-refractivity contribution is 0.0981. The highest BCUT2D eigenvalue weighted by Crippen LogP contribution is 2.24. The molecule has 0 radical (unpaired) electrons. The molecular weight excluding hydrogens is 444 g/mol. The number of carbonyl (C=O) groups is 1. The van der Waals surface area contributed by atoms with Crippen LogP contribution in [0.1, 0.15) is 47.7 Å². The summed E-state index contributed by atoms with van der Waals surface area (Å²) in [5.41, 5.74) is 5.56. The molecule has 0 aliphatic heterocycles. The van der Waals surface area contributed by atoms with Gasteiger partial charge >= 0.3 is 0 Å². The molecule has 5 nitrogen and oxygen atoms in total. The number of pyridine rings is 1. The van der Waals surface area contributed by atoms with E-state index in [2.05, 4.69) is 46.1 Å². The molecule has 4 rings (SSSR count). The van der Waals surface area contributed by atoms with Gasteiger partial charge < -0.3 is 0 Å². The van der Waals surface area contributed by atoms with Crippen LogP contribution in [0.25, 0.3) is 22.0 Å². The van der Waals surface area contributed by atoms with E-state index in [1.807, 2.05) is 31.2 Å². The van der Waals surface area contributed by atoms with Crippen molar-refractivity contribution >= 4 is 26.8 Å². The number of amides is 1. The average Bonchev–Trinajstić information content (AvgIpc) is 2.85. The normalized spacial score (nSPS) is 11.4. The fraction of sp³-hybridized carbons (Fsp3) is 0.214. The Labute approximate surface area is 200 Å². The second kappa shape index (κ2) is 10.6. The summed E-state index contributed by atoms with van der Waals surface area (Å²) in [7, 11) is -3.66. The van der Waals surface area contributed by atoms with Gasteiger partial charge in [-0.3, -0.25) is 9.78 Å². The summed E-state index contributed by atoms with van der Waals surface area (Å²) in [6.07, 6.45) is 4.70. The highest BCUT2D eigenvalue weighted by atomic mass is 32.2. The van der Waals surface area contributed by atoms with Crippen LogP contribution in [0.4, 0.5) is 0 Å². The number of rotatable bonds is 9. The lowest BCUT2D eigenvalue weighted by atomic mass is 9.98. The molecule has 0 saturated carbocycles. The third-order valence-electron chi connectivity index (χ3n) is 5.81. The minimum absolute atomic E-state index is 0.0497. The third-order valence-corrected chi connectivity index (χ3v) is 7.14. The molecule has 0 aliphatic carbocycles. The van der Waals surface area contributed by atoms with Crippen molar-refractivity contribution < 1.29 is 13.2 Å². The Morgan fingerprint density at radius 1 is 0.882 bits per heavy atom. The van der Waals surface area contributed by atoms with E-state index >= 15 is 0 Å². The number of sulfonamides is 1. The van der Waals surface area contributed by atoms with Crippen LogP contribution in [0.5, 0.6) is 0 Å². The number of aromatic nitrogens is 1. The van der Waals surface area contributed by atoms with Gasteiger partial charge in [-0.15, -0.1) is 0 Å². The zero-order valence-corrected chi connectivity index (χ0v) is 20.0. The SMILES string of the molecule is CCCCCS(=O)(=O)NC(=O)c1ccc2nccc(Cc3ccc(-c4ccccc4)cc3)c2c1. The van der Waals surface area contributed by atoms with Gasteiger partial charge in [0.25, 0.3) is 5.91 Å². The van der Waals surface area contributed by atoms with Gasteiger partial charge in [0, 0.05) is 17.1 Å². The van der Waals surface area contributed by atoms with E-state index in [-0.39, 0.29) is 5.75 Å². The largest absolute Gasteiger partial charge is 0.268 e. The average molecular weight is 473 g/mol. The second-order valence-corrected chi connectivity index (χ2v) is 10.2. The topological polar surface area (TPSA) is 76.1 Å². The van der Waals surface area contributed by atoms with Crippen molar-refractivity contribution in [3.8, 4) is 11.1 Å². The smallest absolute Gasteiger partial charge is 0.264 e. The van der Waals surface area contributed by atoms with Gasteiger partial charge in [-0.2, -0.15) is 0 Å². The Morgan fingerprint density at radius 2 is 1.62 bits per heavy atom. The maximum absolute atomic E-state index is 12.7. The van der Waals surface area contributed by atoms with Crippen LogP contribution in [0.2, 0.25) is 0 Å². The van der Waals surface area contributed by atoms with Gasteiger partial charge in [-0.05, 0) is 59.4 Å². The lowest BCUT2D eigenvalue weighted by Crippen LogP contribution is -2.32. The Balaban J connectivity index is 1.55. The van der Waals surface area contributed by atoms with E-state index < -0.39 is 15.9 Å². The summed E-state index contributed by atoms with van der Waals surface area (Å²) in [4.78, 5) is 17.1. The zero-order chi connectivity index (χ0) is 24.0. The van der Waals surface area contributed by atoms with E-state index in [1.54, 1.807) is 24.4 Å². The first-order valence-corrected chi connectivity index (χ1v) is 13.2. The molecule has 3 aromatic carbocycles. The quantitative estimate of drug-likeness (QED) is 0.315. The molecule has 6 heteroatoms. The van der Waals surface area contributed by atoms with Crippen LogP contribution in [0, 0.1) is 0 Å². The Hall–Kier alpha value is -3.51. The summed E-state index contributed by atoms with van der Waals surface area (Å²) < 4.78 is 26.7. The van der Waals surface area contributed by atoms with Crippen molar-refractivity contribution in [3.63, 3.8) is 0 Å². The molecule has 34 heavy (non-hydrogen) atoms. The summed E-state index contributed by atoms with van der Waals surface area (Å²) >= 11 is 0. The molecule has 1 aromatic heterocycles. The minimum Gasteiger partial charge on any atom is -0.268 e. The molecule has 0 fully saturated rings. The van der Waals surface area contributed by atoms with Gasteiger partial charge in [0.05, 0.1) is 11.3 Å². The van der Waals surface area contributed by atoms with Crippen LogP contribution in [-0.2, 0) is 16.4 Å². The standard InChI is InChI=1S/C28H28N2O3S/c1-2-3-7-18-34(32,33)30-28(31)25-14-15-27-26(20-25)24(16-17-29-27)19-21-10-12-23(13-11-21)22-8-5-4-6-9-22/h4-6,8-17,20H,2-3,7,18-19H2,1H3,(H,30,31). The van der Waals surface area contributed by atoms with Crippen molar-refractivity contribution in [2.24, 2.45) is 0 Å². The predicted molar refractivity (Wildman–Crippen MR) is 137 cm³/mol. The van der Waals surface area contributed by atoms with Gasteiger partial charge in [0.15, 0.2) is 0 Å². The number of benzene rings is 3. The molecule has 0 aliphatic rings. The van der Waals surface area contributed by atoms with Crippen molar-refractivity contribution in [1.29, 1.82) is 0 Å². The number of nitrogens with one attached hydrogen (secondary N) is 1. The fourth-order valence-corrected chi connectivity index (χ4v) is 5.04. The van der Waals surface area contributed by atoms with E-state index in [1.165, 1.54) is 5.56 Å². The van der Waals surface area contributed by atoms with E-state index in [0.29, 0.717) is 18.4 Å². The van der Waals surface area contributed by atoms with Crippen LogP contribution in [0.15, 0.2) is 85.1 Å². The summed E-state index contributed by atoms with van der Waals surface area (Å²) in [5, 5.41) is 0.839. The summed E-state index contributed by atoms with van der Waals surface area (Å²) in [6, 6.07) is 25.7. The Kier molecular flexibility index (Phi) is 7.38. The highest BCUT2D eigenvalue weighted by Gasteiger charge is 2.17.